The number of unbranched alkanes of at least 4 members (excludes halogenated alkanes) is 1. The molecular formula is C26H39F. The quantitative estimate of drug-likeness (QED) is 0.405. The van der Waals surface area contributed by atoms with Crippen LogP contribution >= 0.6 is 0 Å². The molecule has 0 unspecified atom stereocenters. The maximum atomic E-state index is 13.0. The lowest BCUT2D eigenvalue weighted by Crippen LogP contribution is -2.15. The van der Waals surface area contributed by atoms with Gasteiger partial charge in [0.15, 0.2) is 0 Å². The molecule has 0 bridgehead atoms. The van der Waals surface area contributed by atoms with Crippen LogP contribution in [0.3, 0.4) is 0 Å². The Morgan fingerprint density at radius 1 is 0.778 bits per heavy atom. The number of hydrogen-bond donors (Lipinski definition) is 0. The van der Waals surface area contributed by atoms with Gasteiger partial charge in [0.25, 0.3) is 0 Å². The lowest BCUT2D eigenvalue weighted by Gasteiger charge is -2.29. The summed E-state index contributed by atoms with van der Waals surface area (Å²) in [6, 6.07) is 7.07. The second kappa shape index (κ2) is 11.0. The summed E-state index contributed by atoms with van der Waals surface area (Å²) in [7, 11) is 0. The molecular weight excluding hydrogens is 331 g/mol. The molecule has 0 nitrogen and oxygen atoms in total. The van der Waals surface area contributed by atoms with Crippen molar-refractivity contribution in [3.05, 3.63) is 47.8 Å². The monoisotopic (exact) mass is 370 g/mol. The molecule has 27 heavy (non-hydrogen) atoms. The molecule has 0 saturated heterocycles. The number of halogens is 1. The SMILES string of the molecule is CCCCC1CCC(/C=C/C2CCC(CCc3ccc(F)cc3)CC2)CC1. The summed E-state index contributed by atoms with van der Waals surface area (Å²) >= 11 is 0. The van der Waals surface area contributed by atoms with E-state index in [1.807, 2.05) is 12.1 Å². The lowest BCUT2D eigenvalue weighted by atomic mass is 9.77. The van der Waals surface area contributed by atoms with Gasteiger partial charge in [-0.15, -0.1) is 0 Å². The van der Waals surface area contributed by atoms with Gasteiger partial charge in [-0.25, -0.2) is 4.39 Å². The first-order valence-electron chi connectivity index (χ1n) is 11.7. The molecule has 1 aromatic rings. The molecule has 2 fully saturated rings. The molecule has 3 rings (SSSR count). The highest BCUT2D eigenvalue weighted by Gasteiger charge is 2.21. The van der Waals surface area contributed by atoms with E-state index in [0.29, 0.717) is 0 Å². The third kappa shape index (κ3) is 7.09. The summed E-state index contributed by atoms with van der Waals surface area (Å²) in [4.78, 5) is 0. The van der Waals surface area contributed by atoms with Gasteiger partial charge in [0.2, 0.25) is 0 Å². The minimum atomic E-state index is -0.125. The van der Waals surface area contributed by atoms with Crippen LogP contribution in [0.4, 0.5) is 4.39 Å². The molecule has 1 heteroatoms. The van der Waals surface area contributed by atoms with E-state index in [1.165, 1.54) is 82.6 Å². The predicted octanol–water partition coefficient (Wildman–Crippen LogP) is 8.12. The van der Waals surface area contributed by atoms with Gasteiger partial charge in [0.1, 0.15) is 5.82 Å². The van der Waals surface area contributed by atoms with Crippen molar-refractivity contribution in [3.63, 3.8) is 0 Å². The Hall–Kier alpha value is -1.11. The fourth-order valence-electron chi connectivity index (χ4n) is 5.17. The fraction of sp³-hybridized carbons (Fsp3) is 0.692. The highest BCUT2D eigenvalue weighted by atomic mass is 19.1. The number of allylic oxidation sites excluding steroid dienone is 2. The van der Waals surface area contributed by atoms with Crippen molar-refractivity contribution in [1.82, 2.24) is 0 Å². The van der Waals surface area contributed by atoms with Crippen molar-refractivity contribution in [2.45, 2.75) is 90.4 Å². The summed E-state index contributed by atoms with van der Waals surface area (Å²) in [6.45, 7) is 2.31. The van der Waals surface area contributed by atoms with Crippen molar-refractivity contribution >= 4 is 0 Å². The molecule has 150 valence electrons. The maximum absolute atomic E-state index is 13.0. The highest BCUT2D eigenvalue weighted by molar-refractivity contribution is 5.16. The number of hydrogen-bond acceptors (Lipinski definition) is 0. The average molecular weight is 371 g/mol. The zero-order chi connectivity index (χ0) is 18.9. The van der Waals surface area contributed by atoms with Gasteiger partial charge in [0, 0.05) is 0 Å². The first-order valence-corrected chi connectivity index (χ1v) is 11.7. The summed E-state index contributed by atoms with van der Waals surface area (Å²) in [5.74, 6) is 3.45. The van der Waals surface area contributed by atoms with E-state index in [1.54, 1.807) is 12.1 Å². The standard InChI is InChI=1S/C26H39F/c1-2-3-4-21-5-7-22(8-6-21)9-10-23-11-13-24(14-12-23)15-16-25-17-19-26(27)20-18-25/h9-10,17-24H,2-8,11-16H2,1H3/b10-9+. The van der Waals surface area contributed by atoms with Crippen LogP contribution in [0.2, 0.25) is 0 Å². The van der Waals surface area contributed by atoms with Gasteiger partial charge in [-0.05, 0) is 106 Å². The Morgan fingerprint density at radius 2 is 1.30 bits per heavy atom. The second-order valence-electron chi connectivity index (χ2n) is 9.25. The molecule has 0 aliphatic heterocycles. The van der Waals surface area contributed by atoms with Gasteiger partial charge < -0.3 is 0 Å². The Kier molecular flexibility index (Phi) is 8.42. The smallest absolute Gasteiger partial charge is 0.123 e. The topological polar surface area (TPSA) is 0 Å². The first kappa shape index (κ1) is 20.6. The Labute approximate surface area is 166 Å². The van der Waals surface area contributed by atoms with E-state index in [-0.39, 0.29) is 5.82 Å². The van der Waals surface area contributed by atoms with E-state index < -0.39 is 0 Å². The van der Waals surface area contributed by atoms with Crippen LogP contribution in [-0.4, -0.2) is 0 Å². The van der Waals surface area contributed by atoms with Gasteiger partial charge in [-0.2, -0.15) is 0 Å². The minimum absolute atomic E-state index is 0.125. The summed E-state index contributed by atoms with van der Waals surface area (Å²) in [6.07, 6.45) is 23.1. The molecule has 0 amide bonds. The molecule has 2 aliphatic rings. The molecule has 0 aromatic heterocycles. The molecule has 0 radical (unpaired) electrons. The number of aryl methyl sites for hydroxylation is 1. The van der Waals surface area contributed by atoms with E-state index in [4.69, 9.17) is 0 Å². The molecule has 0 N–H and O–H groups in total. The largest absolute Gasteiger partial charge is 0.207 e. The fourth-order valence-corrected chi connectivity index (χ4v) is 5.17. The van der Waals surface area contributed by atoms with Gasteiger partial charge >= 0.3 is 0 Å². The third-order valence-electron chi connectivity index (χ3n) is 7.16. The molecule has 0 spiro atoms. The van der Waals surface area contributed by atoms with Crippen molar-refractivity contribution in [1.29, 1.82) is 0 Å². The molecule has 1 aromatic carbocycles. The van der Waals surface area contributed by atoms with Crippen LogP contribution in [-0.2, 0) is 6.42 Å². The van der Waals surface area contributed by atoms with Crippen LogP contribution in [0.25, 0.3) is 0 Å². The Balaban J connectivity index is 1.31. The Morgan fingerprint density at radius 3 is 1.81 bits per heavy atom. The predicted molar refractivity (Wildman–Crippen MR) is 114 cm³/mol. The normalized spacial score (nSPS) is 29.3. The first-order chi connectivity index (χ1) is 13.2. The molecule has 0 heterocycles. The molecule has 2 saturated carbocycles. The van der Waals surface area contributed by atoms with Crippen LogP contribution in [0, 0.1) is 29.5 Å². The van der Waals surface area contributed by atoms with Gasteiger partial charge in [0.05, 0.1) is 0 Å². The van der Waals surface area contributed by atoms with Crippen molar-refractivity contribution in [2.75, 3.05) is 0 Å². The summed E-state index contributed by atoms with van der Waals surface area (Å²) < 4.78 is 13.0. The van der Waals surface area contributed by atoms with Crippen molar-refractivity contribution in [3.8, 4) is 0 Å². The van der Waals surface area contributed by atoms with E-state index in [9.17, 15) is 4.39 Å². The summed E-state index contributed by atoms with van der Waals surface area (Å²) in [5, 5.41) is 0. The zero-order valence-electron chi connectivity index (χ0n) is 17.3. The van der Waals surface area contributed by atoms with E-state index in [2.05, 4.69) is 19.1 Å². The highest BCUT2D eigenvalue weighted by Crippen LogP contribution is 2.35. The third-order valence-corrected chi connectivity index (χ3v) is 7.16. The molecule has 0 atom stereocenters. The molecule has 2 aliphatic carbocycles. The Bertz CT molecular complexity index is 542. The van der Waals surface area contributed by atoms with Crippen LogP contribution in [0.5, 0.6) is 0 Å². The zero-order valence-corrected chi connectivity index (χ0v) is 17.3. The van der Waals surface area contributed by atoms with Gasteiger partial charge in [-0.3, -0.25) is 0 Å². The van der Waals surface area contributed by atoms with Crippen LogP contribution in [0.15, 0.2) is 36.4 Å². The lowest BCUT2D eigenvalue weighted by molar-refractivity contribution is 0.283. The van der Waals surface area contributed by atoms with Crippen LogP contribution in [0.1, 0.15) is 89.5 Å². The van der Waals surface area contributed by atoms with Crippen molar-refractivity contribution in [2.24, 2.45) is 23.7 Å². The van der Waals surface area contributed by atoms with Crippen molar-refractivity contribution < 1.29 is 4.39 Å². The number of rotatable bonds is 8. The number of benzene rings is 1. The van der Waals surface area contributed by atoms with E-state index >= 15 is 0 Å². The maximum Gasteiger partial charge on any atom is 0.123 e. The minimum Gasteiger partial charge on any atom is -0.207 e. The van der Waals surface area contributed by atoms with Crippen LogP contribution < -0.4 is 0 Å². The summed E-state index contributed by atoms with van der Waals surface area (Å²) in [5.41, 5.74) is 1.29. The van der Waals surface area contributed by atoms with Gasteiger partial charge in [-0.1, -0.05) is 50.5 Å². The average Bonchev–Trinajstić information content (AvgIpc) is 2.72. The second-order valence-corrected chi connectivity index (χ2v) is 9.25. The van der Waals surface area contributed by atoms with E-state index in [0.717, 1.165) is 30.1 Å².